The number of hydrogen-bond acceptors (Lipinski definition) is 3. The van der Waals surface area contributed by atoms with E-state index < -0.39 is 11.7 Å². The van der Waals surface area contributed by atoms with Crippen molar-refractivity contribution in [1.82, 2.24) is 0 Å². The monoisotopic (exact) mass is 304 g/mol. The molecule has 0 spiro atoms. The molecule has 2 N–H and O–H groups in total. The third-order valence-electron chi connectivity index (χ3n) is 3.37. The maximum absolute atomic E-state index is 13.3. The number of alkyl halides is 3. The van der Waals surface area contributed by atoms with Crippen molar-refractivity contribution in [2.75, 3.05) is 25.7 Å². The number of methoxy groups -OCH3 is 1. The average Bonchev–Trinajstić information content (AvgIpc) is 2.36. The summed E-state index contributed by atoms with van der Waals surface area (Å²) in [4.78, 5) is 1.59. The van der Waals surface area contributed by atoms with E-state index in [1.165, 1.54) is 19.2 Å². The standard InChI is InChI=1S/C15H23F3N2O/c1-10(19)7-12-5-6-14(13(8-12)15(16,17)18)20(3)11(2)9-21-4/h5-6,8,10-11H,7,9,19H2,1-4H3. The van der Waals surface area contributed by atoms with E-state index in [2.05, 4.69) is 0 Å². The molecule has 0 aliphatic heterocycles. The first-order valence-corrected chi connectivity index (χ1v) is 6.84. The highest BCUT2D eigenvalue weighted by Crippen LogP contribution is 2.37. The zero-order chi connectivity index (χ0) is 16.2. The van der Waals surface area contributed by atoms with Gasteiger partial charge in [0.2, 0.25) is 0 Å². The normalized spacial score (nSPS) is 14.9. The van der Waals surface area contributed by atoms with Crippen LogP contribution in [0, 0.1) is 0 Å². The van der Waals surface area contributed by atoms with Gasteiger partial charge in [0.1, 0.15) is 0 Å². The van der Waals surface area contributed by atoms with Gasteiger partial charge >= 0.3 is 6.18 Å². The first-order chi connectivity index (χ1) is 9.66. The van der Waals surface area contributed by atoms with E-state index in [-0.39, 0.29) is 17.8 Å². The minimum atomic E-state index is -4.40. The Hall–Kier alpha value is -1.27. The molecule has 0 aliphatic carbocycles. The number of benzene rings is 1. The fourth-order valence-electron chi connectivity index (χ4n) is 2.21. The van der Waals surface area contributed by atoms with Crippen molar-refractivity contribution >= 4 is 5.69 Å². The highest BCUT2D eigenvalue weighted by Gasteiger charge is 2.35. The van der Waals surface area contributed by atoms with Crippen LogP contribution >= 0.6 is 0 Å². The fourth-order valence-corrected chi connectivity index (χ4v) is 2.21. The average molecular weight is 304 g/mol. The summed E-state index contributed by atoms with van der Waals surface area (Å²) in [5.41, 5.74) is 5.77. The second kappa shape index (κ2) is 7.13. The summed E-state index contributed by atoms with van der Waals surface area (Å²) in [6, 6.07) is 4.06. The third-order valence-corrected chi connectivity index (χ3v) is 3.37. The van der Waals surface area contributed by atoms with Gasteiger partial charge in [-0.25, -0.2) is 0 Å². The van der Waals surface area contributed by atoms with Crippen molar-refractivity contribution in [3.8, 4) is 0 Å². The van der Waals surface area contributed by atoms with Crippen LogP contribution in [-0.2, 0) is 17.3 Å². The molecule has 120 valence electrons. The molecule has 0 saturated carbocycles. The van der Waals surface area contributed by atoms with E-state index in [4.69, 9.17) is 10.5 Å². The highest BCUT2D eigenvalue weighted by molar-refractivity contribution is 5.56. The van der Waals surface area contributed by atoms with Gasteiger partial charge in [-0.15, -0.1) is 0 Å². The fraction of sp³-hybridized carbons (Fsp3) is 0.600. The van der Waals surface area contributed by atoms with E-state index in [0.29, 0.717) is 18.6 Å². The Bertz CT molecular complexity index is 461. The van der Waals surface area contributed by atoms with Crippen LogP contribution in [0.25, 0.3) is 0 Å². The van der Waals surface area contributed by atoms with E-state index in [1.54, 1.807) is 24.9 Å². The molecule has 1 aromatic rings. The Morgan fingerprint density at radius 1 is 1.29 bits per heavy atom. The molecule has 0 fully saturated rings. The van der Waals surface area contributed by atoms with Crippen LogP contribution in [0.1, 0.15) is 25.0 Å². The number of nitrogens with two attached hydrogens (primary N) is 1. The van der Waals surface area contributed by atoms with Crippen molar-refractivity contribution in [2.45, 2.75) is 38.5 Å². The molecule has 0 aliphatic rings. The molecular formula is C15H23F3N2O. The predicted octanol–water partition coefficient (Wildman–Crippen LogP) is 3.07. The zero-order valence-electron chi connectivity index (χ0n) is 12.9. The van der Waals surface area contributed by atoms with Crippen LogP contribution in [-0.4, -0.2) is 32.8 Å². The van der Waals surface area contributed by atoms with Gasteiger partial charge in [0, 0.05) is 31.9 Å². The molecule has 0 radical (unpaired) electrons. The lowest BCUT2D eigenvalue weighted by molar-refractivity contribution is -0.137. The van der Waals surface area contributed by atoms with E-state index in [1.807, 2.05) is 6.92 Å². The SMILES string of the molecule is COCC(C)N(C)c1ccc(CC(C)N)cc1C(F)(F)F. The summed E-state index contributed by atoms with van der Waals surface area (Å²) in [5.74, 6) is 0. The molecule has 21 heavy (non-hydrogen) atoms. The van der Waals surface area contributed by atoms with Crippen LogP contribution < -0.4 is 10.6 Å². The van der Waals surface area contributed by atoms with Crippen molar-refractivity contribution in [3.63, 3.8) is 0 Å². The van der Waals surface area contributed by atoms with Gasteiger partial charge in [0.25, 0.3) is 0 Å². The Morgan fingerprint density at radius 2 is 1.90 bits per heavy atom. The van der Waals surface area contributed by atoms with Crippen molar-refractivity contribution < 1.29 is 17.9 Å². The summed E-state index contributed by atoms with van der Waals surface area (Å²) in [6.07, 6.45) is -3.98. The van der Waals surface area contributed by atoms with Gasteiger partial charge in [0.15, 0.2) is 0 Å². The summed E-state index contributed by atoms with van der Waals surface area (Å²) in [6.45, 7) is 3.95. The molecule has 0 saturated heterocycles. The first-order valence-electron chi connectivity index (χ1n) is 6.84. The van der Waals surface area contributed by atoms with Crippen LogP contribution in [0.2, 0.25) is 0 Å². The molecule has 1 aromatic carbocycles. The maximum atomic E-state index is 13.3. The third kappa shape index (κ3) is 4.89. The number of nitrogens with zero attached hydrogens (tertiary/aromatic N) is 1. The molecule has 2 atom stereocenters. The smallest absolute Gasteiger partial charge is 0.383 e. The van der Waals surface area contributed by atoms with Crippen molar-refractivity contribution in [2.24, 2.45) is 5.73 Å². The molecule has 0 bridgehead atoms. The second-order valence-electron chi connectivity index (χ2n) is 5.45. The van der Waals surface area contributed by atoms with E-state index in [0.717, 1.165) is 0 Å². The molecule has 0 heterocycles. The van der Waals surface area contributed by atoms with Crippen molar-refractivity contribution in [1.29, 1.82) is 0 Å². The molecule has 0 aromatic heterocycles. The molecule has 0 amide bonds. The number of halogens is 3. The Labute approximate surface area is 123 Å². The Morgan fingerprint density at radius 3 is 2.38 bits per heavy atom. The lowest BCUT2D eigenvalue weighted by Gasteiger charge is -2.29. The summed E-state index contributed by atoms with van der Waals surface area (Å²) in [5, 5.41) is 0. The summed E-state index contributed by atoms with van der Waals surface area (Å²) >= 11 is 0. The van der Waals surface area contributed by atoms with Gasteiger partial charge in [0.05, 0.1) is 12.2 Å². The highest BCUT2D eigenvalue weighted by atomic mass is 19.4. The van der Waals surface area contributed by atoms with Gasteiger partial charge in [-0.3, -0.25) is 0 Å². The number of anilines is 1. The minimum Gasteiger partial charge on any atom is -0.383 e. The van der Waals surface area contributed by atoms with Gasteiger partial charge in [-0.05, 0) is 38.0 Å². The largest absolute Gasteiger partial charge is 0.418 e. The Kier molecular flexibility index (Phi) is 6.04. The molecule has 1 rings (SSSR count). The number of ether oxygens (including phenoxy) is 1. The molecule has 6 heteroatoms. The molecule has 3 nitrogen and oxygen atoms in total. The molecule has 2 unspecified atom stereocenters. The lowest BCUT2D eigenvalue weighted by atomic mass is 10.0. The van der Waals surface area contributed by atoms with Crippen LogP contribution in [0.5, 0.6) is 0 Å². The van der Waals surface area contributed by atoms with Crippen LogP contribution in [0.4, 0.5) is 18.9 Å². The quantitative estimate of drug-likeness (QED) is 0.878. The Balaban J connectivity index is 3.19. The van der Waals surface area contributed by atoms with Gasteiger partial charge in [-0.2, -0.15) is 13.2 Å². The summed E-state index contributed by atoms with van der Waals surface area (Å²) in [7, 11) is 3.17. The minimum absolute atomic E-state index is 0.153. The summed E-state index contributed by atoms with van der Waals surface area (Å²) < 4.78 is 44.9. The number of hydrogen-bond donors (Lipinski definition) is 1. The topological polar surface area (TPSA) is 38.5 Å². The lowest BCUT2D eigenvalue weighted by Crippen LogP contribution is -2.34. The van der Waals surface area contributed by atoms with Crippen LogP contribution in [0.15, 0.2) is 18.2 Å². The second-order valence-corrected chi connectivity index (χ2v) is 5.45. The molecular weight excluding hydrogens is 281 g/mol. The van der Waals surface area contributed by atoms with Gasteiger partial charge in [-0.1, -0.05) is 6.07 Å². The van der Waals surface area contributed by atoms with Gasteiger partial charge < -0.3 is 15.4 Å². The van der Waals surface area contributed by atoms with Crippen molar-refractivity contribution in [3.05, 3.63) is 29.3 Å². The van der Waals surface area contributed by atoms with E-state index >= 15 is 0 Å². The number of likely N-dealkylation sites (N-methyl/N-ethyl adjacent to an activating group) is 1. The number of rotatable bonds is 6. The van der Waals surface area contributed by atoms with Crippen LogP contribution in [0.3, 0.4) is 0 Å². The zero-order valence-corrected chi connectivity index (χ0v) is 12.9. The first kappa shape index (κ1) is 17.8. The predicted molar refractivity (Wildman–Crippen MR) is 78.5 cm³/mol. The maximum Gasteiger partial charge on any atom is 0.418 e. The van der Waals surface area contributed by atoms with E-state index in [9.17, 15) is 13.2 Å².